The minimum atomic E-state index is 0.200. The first-order valence-corrected chi connectivity index (χ1v) is 8.30. The first-order valence-electron chi connectivity index (χ1n) is 8.30. The molecule has 0 spiro atoms. The SMILES string of the molecule is CCOc1ccc(CCOCC2CC2)cc1CC(N)CC. The van der Waals surface area contributed by atoms with Gasteiger partial charge in [0.15, 0.2) is 0 Å². The van der Waals surface area contributed by atoms with E-state index in [1.807, 2.05) is 6.92 Å². The van der Waals surface area contributed by atoms with E-state index in [1.165, 1.54) is 24.0 Å². The smallest absolute Gasteiger partial charge is 0.122 e. The molecule has 3 heteroatoms. The van der Waals surface area contributed by atoms with E-state index in [0.29, 0.717) is 6.61 Å². The lowest BCUT2D eigenvalue weighted by molar-refractivity contribution is 0.127. The lowest BCUT2D eigenvalue weighted by atomic mass is 10.0. The van der Waals surface area contributed by atoms with Crippen LogP contribution in [0, 0.1) is 5.92 Å². The van der Waals surface area contributed by atoms with Crippen LogP contribution in [-0.4, -0.2) is 25.9 Å². The van der Waals surface area contributed by atoms with E-state index in [4.69, 9.17) is 15.2 Å². The van der Waals surface area contributed by atoms with E-state index < -0.39 is 0 Å². The fraction of sp³-hybridized carbons (Fsp3) is 0.667. The first kappa shape index (κ1) is 16.3. The van der Waals surface area contributed by atoms with Gasteiger partial charge in [-0.2, -0.15) is 0 Å². The normalized spacial score (nSPS) is 16.0. The van der Waals surface area contributed by atoms with Crippen molar-refractivity contribution in [2.75, 3.05) is 19.8 Å². The molecular formula is C18H29NO2. The van der Waals surface area contributed by atoms with Crippen LogP contribution in [0.2, 0.25) is 0 Å². The van der Waals surface area contributed by atoms with Gasteiger partial charge in [-0.15, -0.1) is 0 Å². The van der Waals surface area contributed by atoms with Crippen LogP contribution >= 0.6 is 0 Å². The standard InChI is InChI=1S/C18H29NO2/c1-3-17(19)12-16-11-14(7-8-18(16)21-4-2)9-10-20-13-15-5-6-15/h7-8,11,15,17H,3-6,9-10,12-13,19H2,1-2H3. The number of rotatable bonds is 10. The Bertz CT molecular complexity index is 429. The second-order valence-electron chi connectivity index (χ2n) is 6.02. The van der Waals surface area contributed by atoms with E-state index in [0.717, 1.165) is 44.1 Å². The van der Waals surface area contributed by atoms with Crippen LogP contribution in [0.4, 0.5) is 0 Å². The second-order valence-corrected chi connectivity index (χ2v) is 6.02. The Labute approximate surface area is 128 Å². The summed E-state index contributed by atoms with van der Waals surface area (Å²) in [5.41, 5.74) is 8.64. The molecule has 0 saturated heterocycles. The van der Waals surface area contributed by atoms with E-state index in [1.54, 1.807) is 0 Å². The van der Waals surface area contributed by atoms with Crippen LogP contribution < -0.4 is 10.5 Å². The predicted molar refractivity (Wildman–Crippen MR) is 86.8 cm³/mol. The van der Waals surface area contributed by atoms with E-state index in [-0.39, 0.29) is 6.04 Å². The average Bonchev–Trinajstić information content (AvgIpc) is 3.30. The molecule has 1 atom stereocenters. The zero-order valence-electron chi connectivity index (χ0n) is 13.4. The molecule has 0 aliphatic heterocycles. The first-order chi connectivity index (χ1) is 10.2. The number of hydrogen-bond acceptors (Lipinski definition) is 3. The Morgan fingerprint density at radius 2 is 2.10 bits per heavy atom. The molecule has 2 N–H and O–H groups in total. The Hall–Kier alpha value is -1.06. The maximum Gasteiger partial charge on any atom is 0.122 e. The zero-order chi connectivity index (χ0) is 15.1. The Morgan fingerprint density at radius 1 is 1.29 bits per heavy atom. The summed E-state index contributed by atoms with van der Waals surface area (Å²) in [6.45, 7) is 6.58. The fourth-order valence-corrected chi connectivity index (χ4v) is 2.40. The molecule has 1 aliphatic rings. The third kappa shape index (κ3) is 5.68. The Kier molecular flexibility index (Phi) is 6.52. The van der Waals surface area contributed by atoms with Crippen LogP contribution in [0.15, 0.2) is 18.2 Å². The average molecular weight is 291 g/mol. The Morgan fingerprint density at radius 3 is 2.76 bits per heavy atom. The lowest BCUT2D eigenvalue weighted by Crippen LogP contribution is -2.22. The minimum Gasteiger partial charge on any atom is -0.494 e. The van der Waals surface area contributed by atoms with E-state index in [2.05, 4.69) is 25.1 Å². The molecule has 1 saturated carbocycles. The number of nitrogens with two attached hydrogens (primary N) is 1. The van der Waals surface area contributed by atoms with Gasteiger partial charge in [-0.25, -0.2) is 0 Å². The summed E-state index contributed by atoms with van der Waals surface area (Å²) in [6, 6.07) is 6.66. The van der Waals surface area contributed by atoms with Crippen molar-refractivity contribution in [3.8, 4) is 5.75 Å². The number of benzene rings is 1. The number of ether oxygens (including phenoxy) is 2. The molecule has 21 heavy (non-hydrogen) atoms. The van der Waals surface area contributed by atoms with Gasteiger partial charge in [-0.1, -0.05) is 19.1 Å². The summed E-state index contributed by atoms with van der Waals surface area (Å²) in [5, 5.41) is 0. The lowest BCUT2D eigenvalue weighted by Gasteiger charge is -2.15. The summed E-state index contributed by atoms with van der Waals surface area (Å²) in [6.07, 6.45) is 5.53. The molecule has 0 bridgehead atoms. The van der Waals surface area contributed by atoms with Crippen LogP contribution in [0.5, 0.6) is 5.75 Å². The highest BCUT2D eigenvalue weighted by Crippen LogP contribution is 2.29. The highest BCUT2D eigenvalue weighted by molar-refractivity contribution is 5.38. The summed E-state index contributed by atoms with van der Waals surface area (Å²) in [4.78, 5) is 0. The molecule has 0 heterocycles. The molecule has 0 aromatic heterocycles. The van der Waals surface area contributed by atoms with Gasteiger partial charge in [-0.05, 0) is 62.1 Å². The van der Waals surface area contributed by atoms with Crippen LogP contribution in [-0.2, 0) is 17.6 Å². The second kappa shape index (κ2) is 8.40. The van der Waals surface area contributed by atoms with Crippen LogP contribution in [0.1, 0.15) is 44.2 Å². The maximum atomic E-state index is 6.10. The van der Waals surface area contributed by atoms with Crippen molar-refractivity contribution < 1.29 is 9.47 Å². The molecule has 1 aliphatic carbocycles. The summed E-state index contributed by atoms with van der Waals surface area (Å²) < 4.78 is 11.4. The summed E-state index contributed by atoms with van der Waals surface area (Å²) in [7, 11) is 0. The number of hydrogen-bond donors (Lipinski definition) is 1. The highest BCUT2D eigenvalue weighted by Gasteiger charge is 2.20. The Balaban J connectivity index is 1.91. The van der Waals surface area contributed by atoms with Gasteiger partial charge in [0.25, 0.3) is 0 Å². The van der Waals surface area contributed by atoms with E-state index in [9.17, 15) is 0 Å². The van der Waals surface area contributed by atoms with Crippen molar-refractivity contribution in [2.24, 2.45) is 11.7 Å². The monoisotopic (exact) mass is 291 g/mol. The molecule has 1 unspecified atom stereocenters. The van der Waals surface area contributed by atoms with Crippen molar-refractivity contribution in [1.29, 1.82) is 0 Å². The predicted octanol–water partition coefficient (Wildman–Crippen LogP) is 3.33. The largest absolute Gasteiger partial charge is 0.494 e. The van der Waals surface area contributed by atoms with Gasteiger partial charge in [0.05, 0.1) is 13.2 Å². The molecule has 3 nitrogen and oxygen atoms in total. The molecule has 1 aromatic carbocycles. The van der Waals surface area contributed by atoms with Crippen molar-refractivity contribution in [3.63, 3.8) is 0 Å². The molecular weight excluding hydrogens is 262 g/mol. The van der Waals surface area contributed by atoms with Gasteiger partial charge < -0.3 is 15.2 Å². The molecule has 2 rings (SSSR count). The van der Waals surface area contributed by atoms with Crippen molar-refractivity contribution in [2.45, 2.75) is 52.0 Å². The van der Waals surface area contributed by atoms with Crippen molar-refractivity contribution in [1.82, 2.24) is 0 Å². The third-order valence-corrected chi connectivity index (χ3v) is 4.02. The minimum absolute atomic E-state index is 0.200. The molecule has 0 radical (unpaired) electrons. The van der Waals surface area contributed by atoms with Crippen molar-refractivity contribution >= 4 is 0 Å². The zero-order valence-corrected chi connectivity index (χ0v) is 13.4. The van der Waals surface area contributed by atoms with E-state index >= 15 is 0 Å². The molecule has 1 aromatic rings. The topological polar surface area (TPSA) is 44.5 Å². The van der Waals surface area contributed by atoms with Crippen LogP contribution in [0.25, 0.3) is 0 Å². The van der Waals surface area contributed by atoms with Crippen molar-refractivity contribution in [3.05, 3.63) is 29.3 Å². The summed E-state index contributed by atoms with van der Waals surface area (Å²) in [5.74, 6) is 1.81. The highest BCUT2D eigenvalue weighted by atomic mass is 16.5. The quantitative estimate of drug-likeness (QED) is 0.672. The summed E-state index contributed by atoms with van der Waals surface area (Å²) >= 11 is 0. The molecule has 0 amide bonds. The van der Waals surface area contributed by atoms with Gasteiger partial charge in [0.2, 0.25) is 0 Å². The maximum absolute atomic E-state index is 6.10. The van der Waals surface area contributed by atoms with Crippen LogP contribution in [0.3, 0.4) is 0 Å². The third-order valence-electron chi connectivity index (χ3n) is 4.02. The van der Waals surface area contributed by atoms with Gasteiger partial charge in [0, 0.05) is 12.6 Å². The molecule has 1 fully saturated rings. The van der Waals surface area contributed by atoms with Gasteiger partial charge >= 0.3 is 0 Å². The van der Waals surface area contributed by atoms with Gasteiger partial charge in [0.1, 0.15) is 5.75 Å². The van der Waals surface area contributed by atoms with Gasteiger partial charge in [-0.3, -0.25) is 0 Å². The fourth-order valence-electron chi connectivity index (χ4n) is 2.40. The molecule has 118 valence electrons.